The van der Waals surface area contributed by atoms with Crippen LogP contribution in [0.15, 0.2) is 89.3 Å². The van der Waals surface area contributed by atoms with Crippen LogP contribution in [0.1, 0.15) is 15.9 Å². The van der Waals surface area contributed by atoms with Crippen molar-refractivity contribution < 1.29 is 14.5 Å². The van der Waals surface area contributed by atoms with Crippen LogP contribution in [0.4, 0.5) is 10.8 Å². The van der Waals surface area contributed by atoms with Crippen molar-refractivity contribution in [1.29, 1.82) is 0 Å². The van der Waals surface area contributed by atoms with Gasteiger partial charge >= 0.3 is 5.97 Å². The lowest BCUT2D eigenvalue weighted by Crippen LogP contribution is -2.08. The maximum atomic E-state index is 12.1. The molecule has 1 aromatic heterocycles. The largest absolute Gasteiger partial charge is 0.423 e. The molecule has 1 heterocycles. The van der Waals surface area contributed by atoms with E-state index in [0.29, 0.717) is 22.1 Å². The summed E-state index contributed by atoms with van der Waals surface area (Å²) in [5.74, 6) is 0.0258. The van der Waals surface area contributed by atoms with Gasteiger partial charge in [0, 0.05) is 23.1 Å². The number of rotatable bonds is 7. The Morgan fingerprint density at radius 2 is 1.75 bits per heavy atom. The predicted molar refractivity (Wildman–Crippen MR) is 123 cm³/mol. The fraction of sp³-hybridized carbons (Fsp3) is 0. The molecule has 0 amide bonds. The highest BCUT2D eigenvalue weighted by Gasteiger charge is 2.09. The van der Waals surface area contributed by atoms with Crippen molar-refractivity contribution in [3.05, 3.63) is 105 Å². The number of nitro groups is 1. The van der Waals surface area contributed by atoms with Crippen LogP contribution in [0, 0.1) is 10.1 Å². The Morgan fingerprint density at radius 1 is 1.03 bits per heavy atom. The Bertz CT molecular complexity index is 1250. The Labute approximate surface area is 187 Å². The van der Waals surface area contributed by atoms with E-state index < -0.39 is 10.9 Å². The molecule has 9 heteroatoms. The maximum Gasteiger partial charge on any atom is 0.343 e. The zero-order valence-corrected chi connectivity index (χ0v) is 17.4. The maximum absolute atomic E-state index is 12.1. The van der Waals surface area contributed by atoms with Crippen LogP contribution in [0.25, 0.3) is 11.3 Å². The minimum atomic E-state index is -0.438. The lowest BCUT2D eigenvalue weighted by molar-refractivity contribution is -0.384. The first-order valence-corrected chi connectivity index (χ1v) is 10.3. The summed E-state index contributed by atoms with van der Waals surface area (Å²) in [6.07, 6.45) is 1.62. The standard InChI is InChI=1S/C23H16N4O4S/c28-22(18-4-2-1-3-5-18)31-20-12-6-16(7-13-20)14-24-26-23-25-21(15-32-23)17-8-10-19(11-9-17)27(29)30/h1-15H,(H,25,26)/b24-14+. The van der Waals surface area contributed by atoms with Gasteiger partial charge < -0.3 is 4.74 Å². The van der Waals surface area contributed by atoms with Crippen LogP contribution in [0.2, 0.25) is 0 Å². The molecule has 4 rings (SSSR count). The molecule has 0 unspecified atom stereocenters. The number of ether oxygens (including phenoxy) is 1. The second-order valence-corrected chi connectivity index (χ2v) is 7.39. The highest BCUT2D eigenvalue weighted by molar-refractivity contribution is 7.14. The minimum Gasteiger partial charge on any atom is -0.423 e. The number of hydrazone groups is 1. The van der Waals surface area contributed by atoms with Crippen LogP contribution in [-0.4, -0.2) is 22.1 Å². The summed E-state index contributed by atoms with van der Waals surface area (Å²) in [6, 6.07) is 21.9. The van der Waals surface area contributed by atoms with Gasteiger partial charge in [-0.25, -0.2) is 9.78 Å². The fourth-order valence-electron chi connectivity index (χ4n) is 2.74. The SMILES string of the molecule is O=C(Oc1ccc(/C=N/Nc2nc(-c3ccc([N+](=O)[O-])cc3)cs2)cc1)c1ccccc1. The van der Waals surface area contributed by atoms with Crippen molar-refractivity contribution in [2.45, 2.75) is 0 Å². The summed E-state index contributed by atoms with van der Waals surface area (Å²) in [5.41, 5.74) is 5.68. The first-order valence-electron chi connectivity index (χ1n) is 9.45. The van der Waals surface area contributed by atoms with Crippen LogP contribution < -0.4 is 10.2 Å². The van der Waals surface area contributed by atoms with Gasteiger partial charge in [0.25, 0.3) is 5.69 Å². The number of carbonyl (C=O) groups is 1. The van der Waals surface area contributed by atoms with Crippen molar-refractivity contribution in [2.75, 3.05) is 5.43 Å². The molecule has 0 radical (unpaired) electrons. The molecule has 158 valence electrons. The second kappa shape index (κ2) is 9.63. The highest BCUT2D eigenvalue weighted by Crippen LogP contribution is 2.26. The van der Waals surface area contributed by atoms with Crippen LogP contribution in [-0.2, 0) is 0 Å². The fourth-order valence-corrected chi connectivity index (χ4v) is 3.40. The van der Waals surface area contributed by atoms with Crippen molar-refractivity contribution in [1.82, 2.24) is 4.98 Å². The van der Waals surface area contributed by atoms with E-state index in [1.807, 2.05) is 11.4 Å². The lowest BCUT2D eigenvalue weighted by Gasteiger charge is -2.04. The zero-order valence-electron chi connectivity index (χ0n) is 16.5. The first-order chi connectivity index (χ1) is 15.6. The van der Waals surface area contributed by atoms with E-state index in [-0.39, 0.29) is 5.69 Å². The van der Waals surface area contributed by atoms with Gasteiger partial charge in [0.15, 0.2) is 0 Å². The van der Waals surface area contributed by atoms with Gasteiger partial charge in [-0.1, -0.05) is 18.2 Å². The Hall–Kier alpha value is -4.37. The summed E-state index contributed by atoms with van der Waals surface area (Å²) in [7, 11) is 0. The molecule has 0 aliphatic carbocycles. The minimum absolute atomic E-state index is 0.0350. The number of nitro benzene ring substituents is 1. The van der Waals surface area contributed by atoms with E-state index >= 15 is 0 Å². The molecule has 0 aliphatic rings. The summed E-state index contributed by atoms with van der Waals surface area (Å²) < 4.78 is 5.35. The molecule has 0 aliphatic heterocycles. The van der Waals surface area contributed by atoms with Gasteiger partial charge in [0.1, 0.15) is 5.75 Å². The number of benzene rings is 3. The number of aromatic nitrogens is 1. The van der Waals surface area contributed by atoms with Crippen LogP contribution in [0.3, 0.4) is 0 Å². The lowest BCUT2D eigenvalue weighted by atomic mass is 10.1. The molecular formula is C23H16N4O4S. The van der Waals surface area contributed by atoms with E-state index in [1.165, 1.54) is 23.5 Å². The Morgan fingerprint density at radius 3 is 2.44 bits per heavy atom. The number of hydrogen-bond acceptors (Lipinski definition) is 8. The van der Waals surface area contributed by atoms with Crippen molar-refractivity contribution >= 4 is 34.3 Å². The number of carbonyl (C=O) groups excluding carboxylic acids is 1. The summed E-state index contributed by atoms with van der Waals surface area (Å²) in [6.45, 7) is 0. The average Bonchev–Trinajstić information content (AvgIpc) is 3.30. The summed E-state index contributed by atoms with van der Waals surface area (Å²) in [5, 5.41) is 17.4. The smallest absolute Gasteiger partial charge is 0.343 e. The third-order valence-electron chi connectivity index (χ3n) is 4.35. The molecule has 0 spiro atoms. The first kappa shape index (κ1) is 20.9. The Kier molecular flexibility index (Phi) is 6.28. The highest BCUT2D eigenvalue weighted by atomic mass is 32.1. The molecule has 1 N–H and O–H groups in total. The number of non-ortho nitro benzene ring substituents is 1. The van der Waals surface area contributed by atoms with Crippen LogP contribution in [0.5, 0.6) is 5.75 Å². The number of anilines is 1. The summed E-state index contributed by atoms with van der Waals surface area (Å²) >= 11 is 1.37. The predicted octanol–water partition coefficient (Wildman–Crippen LogP) is 5.38. The van der Waals surface area contributed by atoms with Gasteiger partial charge in [0.05, 0.1) is 22.4 Å². The normalized spacial score (nSPS) is 10.8. The third-order valence-corrected chi connectivity index (χ3v) is 5.10. The number of nitrogens with zero attached hydrogens (tertiary/aromatic N) is 3. The second-order valence-electron chi connectivity index (χ2n) is 6.54. The Balaban J connectivity index is 1.33. The van der Waals surface area contributed by atoms with Crippen LogP contribution >= 0.6 is 11.3 Å². The van der Waals surface area contributed by atoms with Crippen molar-refractivity contribution in [3.8, 4) is 17.0 Å². The van der Waals surface area contributed by atoms with Gasteiger partial charge in [0.2, 0.25) is 5.13 Å². The van der Waals surface area contributed by atoms with E-state index in [1.54, 1.807) is 66.9 Å². The molecule has 4 aromatic rings. The van der Waals surface area contributed by atoms with Gasteiger partial charge in [-0.3, -0.25) is 15.5 Å². The van der Waals surface area contributed by atoms with E-state index in [9.17, 15) is 14.9 Å². The molecule has 0 fully saturated rings. The molecule has 8 nitrogen and oxygen atoms in total. The number of esters is 1. The van der Waals surface area contributed by atoms with Gasteiger partial charge in [-0.05, 0) is 54.1 Å². The molecule has 32 heavy (non-hydrogen) atoms. The molecular weight excluding hydrogens is 428 g/mol. The molecule has 0 saturated carbocycles. The van der Waals surface area contributed by atoms with E-state index in [2.05, 4.69) is 15.5 Å². The van der Waals surface area contributed by atoms with Gasteiger partial charge in [-0.15, -0.1) is 11.3 Å². The van der Waals surface area contributed by atoms with Crippen molar-refractivity contribution in [3.63, 3.8) is 0 Å². The molecule has 3 aromatic carbocycles. The van der Waals surface area contributed by atoms with Crippen molar-refractivity contribution in [2.24, 2.45) is 5.10 Å². The zero-order chi connectivity index (χ0) is 22.3. The average molecular weight is 444 g/mol. The van der Waals surface area contributed by atoms with Gasteiger partial charge in [-0.2, -0.15) is 5.10 Å². The number of nitrogens with one attached hydrogen (secondary N) is 1. The monoisotopic (exact) mass is 444 g/mol. The number of thiazole rings is 1. The third kappa shape index (κ3) is 5.21. The number of hydrogen-bond donors (Lipinski definition) is 1. The quantitative estimate of drug-likeness (QED) is 0.135. The topological polar surface area (TPSA) is 107 Å². The molecule has 0 saturated heterocycles. The molecule has 0 atom stereocenters. The summed E-state index contributed by atoms with van der Waals surface area (Å²) in [4.78, 5) is 26.8. The van der Waals surface area contributed by atoms with E-state index in [4.69, 9.17) is 4.74 Å². The molecule has 0 bridgehead atoms. The van der Waals surface area contributed by atoms with E-state index in [0.717, 1.165) is 11.1 Å².